The van der Waals surface area contributed by atoms with Crippen LogP contribution in [0.25, 0.3) is 0 Å². The molecule has 0 aliphatic rings. The number of aliphatic hydroxyl groups is 2. The van der Waals surface area contributed by atoms with Gasteiger partial charge in [0.05, 0.1) is 25.2 Å². The molecule has 0 aliphatic carbocycles. The number of allylic oxidation sites excluding steroid dienone is 14. The molecule has 65 heavy (non-hydrogen) atoms. The number of carbonyl (C=O) groups is 2. The summed E-state index contributed by atoms with van der Waals surface area (Å²) in [6, 6.07) is -0.722. The summed E-state index contributed by atoms with van der Waals surface area (Å²) in [6.07, 6.45) is 67.8. The third-order valence-corrected chi connectivity index (χ3v) is 12.1. The van der Waals surface area contributed by atoms with Crippen LogP contribution in [-0.2, 0) is 14.3 Å². The molecule has 0 aromatic rings. The van der Waals surface area contributed by atoms with Crippen LogP contribution in [0.1, 0.15) is 252 Å². The lowest BCUT2D eigenvalue weighted by Gasteiger charge is -2.24. The molecule has 0 aliphatic heterocycles. The Hall–Kier alpha value is -2.96. The molecular weight excluding hydrogens is 803 g/mol. The highest BCUT2D eigenvalue weighted by Crippen LogP contribution is 2.17. The van der Waals surface area contributed by atoms with E-state index in [-0.39, 0.29) is 24.9 Å². The Morgan fingerprint density at radius 2 is 0.892 bits per heavy atom. The number of aliphatic hydroxyl groups excluding tert-OH is 2. The molecule has 3 unspecified atom stereocenters. The molecule has 6 nitrogen and oxygen atoms in total. The van der Waals surface area contributed by atoms with Gasteiger partial charge in [-0.15, -0.1) is 0 Å². The fourth-order valence-electron chi connectivity index (χ4n) is 7.93. The third-order valence-electron chi connectivity index (χ3n) is 12.1. The summed E-state index contributed by atoms with van der Waals surface area (Å²) in [7, 11) is 0. The molecular formula is C59H103NO5. The molecule has 0 bridgehead atoms. The zero-order valence-corrected chi connectivity index (χ0v) is 42.6. The van der Waals surface area contributed by atoms with Crippen molar-refractivity contribution in [1.29, 1.82) is 0 Å². The van der Waals surface area contributed by atoms with Crippen molar-refractivity contribution in [2.75, 3.05) is 6.61 Å². The average molecular weight is 906 g/mol. The van der Waals surface area contributed by atoms with Crippen molar-refractivity contribution < 1.29 is 24.5 Å². The molecule has 0 radical (unpaired) electrons. The first kappa shape index (κ1) is 62.0. The SMILES string of the molecule is CC/C=C/C/C=C/C/C=C/CCCCCCCCC(=O)OC(CCCCC/C=C/C=C/C=C/C=C/CCCCC)CC(=O)NC(CO)C(O)CCCCCCCCCCCCCCCC. The second-order valence-electron chi connectivity index (χ2n) is 18.3. The molecule has 3 N–H and O–H groups in total. The van der Waals surface area contributed by atoms with Gasteiger partial charge in [-0.05, 0) is 83.5 Å². The van der Waals surface area contributed by atoms with Gasteiger partial charge in [0.2, 0.25) is 5.91 Å². The van der Waals surface area contributed by atoms with E-state index >= 15 is 0 Å². The van der Waals surface area contributed by atoms with Crippen LogP contribution < -0.4 is 5.32 Å². The maximum atomic E-state index is 13.2. The Balaban J connectivity index is 4.69. The lowest BCUT2D eigenvalue weighted by Crippen LogP contribution is -2.46. The van der Waals surface area contributed by atoms with E-state index in [1.165, 1.54) is 109 Å². The van der Waals surface area contributed by atoms with E-state index in [4.69, 9.17) is 4.74 Å². The van der Waals surface area contributed by atoms with E-state index in [0.717, 1.165) is 96.3 Å². The molecule has 0 heterocycles. The van der Waals surface area contributed by atoms with E-state index in [1.807, 2.05) is 6.08 Å². The molecule has 0 aromatic carbocycles. The summed E-state index contributed by atoms with van der Waals surface area (Å²) in [6.45, 7) is 6.33. The van der Waals surface area contributed by atoms with Crippen molar-refractivity contribution in [2.24, 2.45) is 0 Å². The number of carbonyl (C=O) groups excluding carboxylic acids is 2. The number of hydrogen-bond donors (Lipinski definition) is 3. The first-order valence-electron chi connectivity index (χ1n) is 27.4. The maximum absolute atomic E-state index is 13.2. The molecule has 0 rings (SSSR count). The van der Waals surface area contributed by atoms with Gasteiger partial charge in [-0.2, -0.15) is 0 Å². The molecule has 0 fully saturated rings. The van der Waals surface area contributed by atoms with Gasteiger partial charge < -0.3 is 20.3 Å². The van der Waals surface area contributed by atoms with Crippen LogP contribution in [0.4, 0.5) is 0 Å². The molecule has 0 aromatic heterocycles. The standard InChI is InChI=1S/C59H103NO5/c1-4-7-10-13-16-19-22-25-28-30-32-35-38-41-44-47-50-55(65-59(64)52-49-46-43-40-37-34-31-29-26-23-20-17-14-11-8-5-2)53-58(63)60-56(54-61)57(62)51-48-45-42-39-36-33-27-24-21-18-15-12-9-6-3/h8,11,16-17,19-20,22,25-26,28-30,32,35,55-57,61-62H,4-7,9-10,12-15,18,21,23-24,27,31,33-34,36-54H2,1-3H3,(H,60,63)/b11-8+,19-16+,20-17+,25-22+,29-26+,30-28+,35-32+. The van der Waals surface area contributed by atoms with Gasteiger partial charge in [0.15, 0.2) is 0 Å². The van der Waals surface area contributed by atoms with Gasteiger partial charge in [0.1, 0.15) is 6.10 Å². The highest BCUT2D eigenvalue weighted by Gasteiger charge is 2.24. The van der Waals surface area contributed by atoms with Gasteiger partial charge in [-0.25, -0.2) is 0 Å². The van der Waals surface area contributed by atoms with Crippen LogP contribution in [0.2, 0.25) is 0 Å². The van der Waals surface area contributed by atoms with Crippen molar-refractivity contribution in [1.82, 2.24) is 5.32 Å². The largest absolute Gasteiger partial charge is 0.462 e. The quantitative estimate of drug-likeness (QED) is 0.0245. The minimum absolute atomic E-state index is 0.0427. The van der Waals surface area contributed by atoms with E-state index in [0.29, 0.717) is 19.3 Å². The number of ether oxygens (including phenoxy) is 1. The van der Waals surface area contributed by atoms with Crippen LogP contribution in [-0.4, -0.2) is 46.9 Å². The van der Waals surface area contributed by atoms with Crippen molar-refractivity contribution in [3.63, 3.8) is 0 Å². The van der Waals surface area contributed by atoms with Gasteiger partial charge >= 0.3 is 5.97 Å². The highest BCUT2D eigenvalue weighted by molar-refractivity contribution is 5.77. The lowest BCUT2D eigenvalue weighted by molar-refractivity contribution is -0.151. The Kier molecular flexibility index (Phi) is 49.6. The smallest absolute Gasteiger partial charge is 0.306 e. The molecule has 6 heteroatoms. The molecule has 1 amide bonds. The Morgan fingerprint density at radius 1 is 0.477 bits per heavy atom. The third kappa shape index (κ3) is 47.3. The summed E-state index contributed by atoms with van der Waals surface area (Å²) in [4.78, 5) is 26.2. The summed E-state index contributed by atoms with van der Waals surface area (Å²) in [5, 5.41) is 23.8. The minimum atomic E-state index is -0.805. The number of hydrogen-bond acceptors (Lipinski definition) is 5. The molecule has 0 saturated heterocycles. The minimum Gasteiger partial charge on any atom is -0.462 e. The van der Waals surface area contributed by atoms with Gasteiger partial charge in [-0.1, -0.05) is 241 Å². The van der Waals surface area contributed by atoms with Crippen LogP contribution >= 0.6 is 0 Å². The van der Waals surface area contributed by atoms with Crippen molar-refractivity contribution in [3.05, 3.63) is 85.1 Å². The fourth-order valence-corrected chi connectivity index (χ4v) is 7.93. The lowest BCUT2D eigenvalue weighted by atomic mass is 10.0. The second-order valence-corrected chi connectivity index (χ2v) is 18.3. The number of amides is 1. The normalized spacial score (nSPS) is 13.9. The summed E-state index contributed by atoms with van der Waals surface area (Å²) >= 11 is 0. The Morgan fingerprint density at radius 3 is 1.45 bits per heavy atom. The van der Waals surface area contributed by atoms with Crippen LogP contribution in [0.5, 0.6) is 0 Å². The van der Waals surface area contributed by atoms with E-state index < -0.39 is 18.2 Å². The van der Waals surface area contributed by atoms with Crippen molar-refractivity contribution >= 4 is 11.9 Å². The first-order valence-corrected chi connectivity index (χ1v) is 27.4. The summed E-state index contributed by atoms with van der Waals surface area (Å²) < 4.78 is 5.93. The summed E-state index contributed by atoms with van der Waals surface area (Å²) in [5.74, 6) is -0.528. The molecule has 0 saturated carbocycles. The van der Waals surface area contributed by atoms with Crippen LogP contribution in [0, 0.1) is 0 Å². The molecule has 0 spiro atoms. The average Bonchev–Trinajstić information content (AvgIpc) is 3.30. The number of esters is 1. The van der Waals surface area contributed by atoms with Gasteiger partial charge in [-0.3, -0.25) is 9.59 Å². The number of nitrogens with one attached hydrogen (secondary N) is 1. The molecule has 3 atom stereocenters. The van der Waals surface area contributed by atoms with E-state index in [2.05, 4.69) is 105 Å². The van der Waals surface area contributed by atoms with Crippen molar-refractivity contribution in [3.8, 4) is 0 Å². The van der Waals surface area contributed by atoms with E-state index in [9.17, 15) is 19.8 Å². The summed E-state index contributed by atoms with van der Waals surface area (Å²) in [5.41, 5.74) is 0. The predicted molar refractivity (Wildman–Crippen MR) is 282 cm³/mol. The fraction of sp³-hybridized carbons (Fsp3) is 0.729. The topological polar surface area (TPSA) is 95.9 Å². The monoisotopic (exact) mass is 906 g/mol. The Labute approximate surface area is 402 Å². The Bertz CT molecular complexity index is 1250. The zero-order chi connectivity index (χ0) is 47.4. The van der Waals surface area contributed by atoms with Gasteiger partial charge in [0, 0.05) is 6.42 Å². The second kappa shape index (κ2) is 52.0. The van der Waals surface area contributed by atoms with Crippen molar-refractivity contribution in [2.45, 2.75) is 270 Å². The first-order chi connectivity index (χ1) is 32.0. The highest BCUT2D eigenvalue weighted by atomic mass is 16.5. The number of rotatable bonds is 48. The number of unbranched alkanes of at least 4 members (excludes halogenated alkanes) is 25. The predicted octanol–water partition coefficient (Wildman–Crippen LogP) is 16.7. The van der Waals surface area contributed by atoms with Crippen LogP contribution in [0.15, 0.2) is 85.1 Å². The van der Waals surface area contributed by atoms with Crippen LogP contribution in [0.3, 0.4) is 0 Å². The van der Waals surface area contributed by atoms with E-state index in [1.54, 1.807) is 0 Å². The maximum Gasteiger partial charge on any atom is 0.306 e. The molecule has 374 valence electrons. The van der Waals surface area contributed by atoms with Gasteiger partial charge in [0.25, 0.3) is 0 Å². The zero-order valence-electron chi connectivity index (χ0n) is 42.6.